The van der Waals surface area contributed by atoms with Crippen LogP contribution >= 0.6 is 11.6 Å². The molecule has 4 heteroatoms. The highest BCUT2D eigenvalue weighted by Gasteiger charge is 2.33. The van der Waals surface area contributed by atoms with Crippen LogP contribution in [0.2, 0.25) is 5.02 Å². The van der Waals surface area contributed by atoms with Crippen molar-refractivity contribution in [1.82, 2.24) is 10.2 Å². The van der Waals surface area contributed by atoms with Gasteiger partial charge in [-0.1, -0.05) is 11.6 Å². The SMILES string of the molecule is Fc1cc(Cl)cc(CN2C[C@@H]3CCCN[C@@H]3C2)c1. The number of halogens is 2. The molecule has 2 aliphatic rings. The lowest BCUT2D eigenvalue weighted by atomic mass is 9.94. The van der Waals surface area contributed by atoms with E-state index in [2.05, 4.69) is 10.2 Å². The second-order valence-electron chi connectivity index (χ2n) is 5.43. The lowest BCUT2D eigenvalue weighted by Crippen LogP contribution is -2.40. The predicted molar refractivity (Wildman–Crippen MR) is 71.2 cm³/mol. The lowest BCUT2D eigenvalue weighted by molar-refractivity contribution is 0.312. The van der Waals surface area contributed by atoms with Crippen LogP contribution in [-0.2, 0) is 6.54 Å². The number of benzene rings is 1. The number of hydrogen-bond acceptors (Lipinski definition) is 2. The summed E-state index contributed by atoms with van der Waals surface area (Å²) in [6.07, 6.45) is 2.60. The van der Waals surface area contributed by atoms with Crippen LogP contribution < -0.4 is 5.32 Å². The summed E-state index contributed by atoms with van der Waals surface area (Å²) < 4.78 is 13.3. The second-order valence-corrected chi connectivity index (χ2v) is 5.87. The molecule has 3 rings (SSSR count). The molecule has 18 heavy (non-hydrogen) atoms. The highest BCUT2D eigenvalue weighted by atomic mass is 35.5. The highest BCUT2D eigenvalue weighted by molar-refractivity contribution is 6.30. The van der Waals surface area contributed by atoms with Crippen molar-refractivity contribution < 1.29 is 4.39 Å². The summed E-state index contributed by atoms with van der Waals surface area (Å²) in [5.74, 6) is 0.523. The van der Waals surface area contributed by atoms with Crippen LogP contribution in [0, 0.1) is 11.7 Å². The van der Waals surface area contributed by atoms with Crippen molar-refractivity contribution in [2.45, 2.75) is 25.4 Å². The Labute approximate surface area is 112 Å². The molecule has 0 aliphatic carbocycles. The fraction of sp³-hybridized carbons (Fsp3) is 0.571. The van der Waals surface area contributed by atoms with E-state index in [4.69, 9.17) is 11.6 Å². The minimum atomic E-state index is -0.243. The predicted octanol–water partition coefficient (Wildman–Crippen LogP) is 2.66. The van der Waals surface area contributed by atoms with E-state index in [1.807, 2.05) is 6.07 Å². The summed E-state index contributed by atoms with van der Waals surface area (Å²) >= 11 is 5.89. The van der Waals surface area contributed by atoms with Crippen molar-refractivity contribution >= 4 is 11.6 Å². The normalized spacial score (nSPS) is 28.3. The summed E-state index contributed by atoms with van der Waals surface area (Å²) in [7, 11) is 0. The van der Waals surface area contributed by atoms with Gasteiger partial charge in [0.2, 0.25) is 0 Å². The first-order chi connectivity index (χ1) is 8.70. The number of hydrogen-bond donors (Lipinski definition) is 1. The van der Waals surface area contributed by atoms with E-state index in [0.29, 0.717) is 11.1 Å². The van der Waals surface area contributed by atoms with Gasteiger partial charge in [0.1, 0.15) is 5.82 Å². The van der Waals surface area contributed by atoms with Crippen molar-refractivity contribution in [2.75, 3.05) is 19.6 Å². The third kappa shape index (κ3) is 2.68. The lowest BCUT2D eigenvalue weighted by Gasteiger charge is -2.24. The van der Waals surface area contributed by atoms with Crippen LogP contribution in [0.3, 0.4) is 0 Å². The summed E-state index contributed by atoms with van der Waals surface area (Å²) in [5, 5.41) is 4.06. The first-order valence-corrected chi connectivity index (χ1v) is 6.99. The molecule has 0 saturated carbocycles. The Morgan fingerprint density at radius 1 is 1.33 bits per heavy atom. The van der Waals surface area contributed by atoms with E-state index in [1.165, 1.54) is 18.9 Å². The smallest absolute Gasteiger partial charge is 0.125 e. The van der Waals surface area contributed by atoms with Gasteiger partial charge in [-0.3, -0.25) is 4.90 Å². The van der Waals surface area contributed by atoms with Crippen molar-refractivity contribution in [3.63, 3.8) is 0 Å². The van der Waals surface area contributed by atoms with Gasteiger partial charge in [-0.2, -0.15) is 0 Å². The molecule has 2 aliphatic heterocycles. The molecule has 1 aromatic carbocycles. The van der Waals surface area contributed by atoms with Crippen LogP contribution in [0.5, 0.6) is 0 Å². The average Bonchev–Trinajstić information content (AvgIpc) is 2.69. The summed E-state index contributed by atoms with van der Waals surface area (Å²) in [6, 6.07) is 5.43. The summed E-state index contributed by atoms with van der Waals surface area (Å²) in [5.41, 5.74) is 0.971. The maximum Gasteiger partial charge on any atom is 0.125 e. The van der Waals surface area contributed by atoms with Gasteiger partial charge in [-0.15, -0.1) is 0 Å². The zero-order chi connectivity index (χ0) is 12.5. The van der Waals surface area contributed by atoms with E-state index in [9.17, 15) is 4.39 Å². The quantitative estimate of drug-likeness (QED) is 0.887. The van der Waals surface area contributed by atoms with Gasteiger partial charge in [0, 0.05) is 30.7 Å². The molecule has 2 saturated heterocycles. The molecular formula is C14H18ClFN2. The third-order valence-electron chi connectivity index (χ3n) is 4.00. The molecule has 1 aromatic rings. The molecule has 2 heterocycles. The number of piperidine rings is 1. The van der Waals surface area contributed by atoms with E-state index in [-0.39, 0.29) is 5.82 Å². The van der Waals surface area contributed by atoms with Gasteiger partial charge in [-0.05, 0) is 49.1 Å². The molecule has 2 nitrogen and oxygen atoms in total. The Morgan fingerprint density at radius 3 is 3.00 bits per heavy atom. The zero-order valence-electron chi connectivity index (χ0n) is 10.3. The Hall–Kier alpha value is -0.640. The van der Waals surface area contributed by atoms with E-state index < -0.39 is 0 Å². The zero-order valence-corrected chi connectivity index (χ0v) is 11.1. The highest BCUT2D eigenvalue weighted by Crippen LogP contribution is 2.26. The van der Waals surface area contributed by atoms with Crippen LogP contribution in [0.25, 0.3) is 0 Å². The number of fused-ring (bicyclic) bond motifs is 1. The van der Waals surface area contributed by atoms with Crippen LogP contribution in [0.15, 0.2) is 18.2 Å². The molecule has 2 fully saturated rings. The Balaban J connectivity index is 1.66. The number of rotatable bonds is 2. The van der Waals surface area contributed by atoms with Gasteiger partial charge in [0.05, 0.1) is 0 Å². The van der Waals surface area contributed by atoms with Crippen molar-refractivity contribution in [1.29, 1.82) is 0 Å². The van der Waals surface area contributed by atoms with Gasteiger partial charge >= 0.3 is 0 Å². The van der Waals surface area contributed by atoms with Crippen LogP contribution in [0.4, 0.5) is 4.39 Å². The maximum absolute atomic E-state index is 13.3. The van der Waals surface area contributed by atoms with Gasteiger partial charge in [-0.25, -0.2) is 4.39 Å². The maximum atomic E-state index is 13.3. The van der Waals surface area contributed by atoms with Crippen molar-refractivity contribution in [2.24, 2.45) is 5.92 Å². The fourth-order valence-corrected chi connectivity index (χ4v) is 3.47. The third-order valence-corrected chi connectivity index (χ3v) is 4.22. The molecule has 98 valence electrons. The Morgan fingerprint density at radius 2 is 2.22 bits per heavy atom. The second kappa shape index (κ2) is 5.16. The van der Waals surface area contributed by atoms with Crippen LogP contribution in [0.1, 0.15) is 18.4 Å². The molecular weight excluding hydrogens is 251 g/mol. The Kier molecular flexibility index (Phi) is 3.55. The average molecular weight is 269 g/mol. The van der Waals surface area contributed by atoms with Crippen LogP contribution in [-0.4, -0.2) is 30.6 Å². The van der Waals surface area contributed by atoms with Gasteiger partial charge in [0.25, 0.3) is 0 Å². The monoisotopic (exact) mass is 268 g/mol. The Bertz CT molecular complexity index is 404. The van der Waals surface area contributed by atoms with E-state index in [0.717, 1.165) is 37.7 Å². The molecule has 0 radical (unpaired) electrons. The molecule has 0 amide bonds. The molecule has 2 atom stereocenters. The molecule has 1 N–H and O–H groups in total. The molecule has 0 spiro atoms. The summed E-state index contributed by atoms with van der Waals surface area (Å²) in [6.45, 7) is 4.12. The van der Waals surface area contributed by atoms with Gasteiger partial charge in [0.15, 0.2) is 0 Å². The molecule has 0 aromatic heterocycles. The number of nitrogens with one attached hydrogen (secondary N) is 1. The van der Waals surface area contributed by atoms with Crippen molar-refractivity contribution in [3.8, 4) is 0 Å². The standard InChI is InChI=1S/C14H18ClFN2/c15-12-4-10(5-13(16)6-12)7-18-8-11-2-1-3-17-14(11)9-18/h4-6,11,14,17H,1-3,7-9H2/t11-,14+/m0/s1. The van der Waals surface area contributed by atoms with Gasteiger partial charge < -0.3 is 5.32 Å². The topological polar surface area (TPSA) is 15.3 Å². The fourth-order valence-electron chi connectivity index (χ4n) is 3.23. The number of likely N-dealkylation sites (tertiary alicyclic amines) is 1. The first-order valence-electron chi connectivity index (χ1n) is 6.61. The minimum Gasteiger partial charge on any atom is -0.312 e. The molecule has 0 unspecified atom stereocenters. The summed E-state index contributed by atoms with van der Waals surface area (Å²) in [4.78, 5) is 2.40. The minimum absolute atomic E-state index is 0.243. The van der Waals surface area contributed by atoms with E-state index in [1.54, 1.807) is 6.07 Å². The largest absolute Gasteiger partial charge is 0.312 e. The van der Waals surface area contributed by atoms with Crippen molar-refractivity contribution in [3.05, 3.63) is 34.6 Å². The molecule has 0 bridgehead atoms. The first kappa shape index (κ1) is 12.4. The number of nitrogens with zero attached hydrogens (tertiary/aromatic N) is 1. The van der Waals surface area contributed by atoms with E-state index >= 15 is 0 Å².